The standard InChI is InChI=1S/C22H32N2O6/c1-13(2)15(5)23-19(25)11-29-21(27)17-7-9-18(10-8-17)22(28)30-12-20(26)24-16(6)14(3)4/h7-10,13-16H,11-12H2,1-6H3,(H,23,25)(H,24,26)/t15-,16-/m0/s1. The van der Waals surface area contributed by atoms with E-state index in [9.17, 15) is 19.2 Å². The largest absolute Gasteiger partial charge is 0.452 e. The van der Waals surface area contributed by atoms with Crippen molar-refractivity contribution in [2.24, 2.45) is 11.8 Å². The van der Waals surface area contributed by atoms with E-state index in [4.69, 9.17) is 9.47 Å². The van der Waals surface area contributed by atoms with Crippen LogP contribution in [0.4, 0.5) is 0 Å². The monoisotopic (exact) mass is 420 g/mol. The van der Waals surface area contributed by atoms with Crippen molar-refractivity contribution < 1.29 is 28.7 Å². The molecule has 0 bridgehead atoms. The van der Waals surface area contributed by atoms with Crippen LogP contribution in [0.15, 0.2) is 24.3 Å². The van der Waals surface area contributed by atoms with Crippen molar-refractivity contribution in [3.63, 3.8) is 0 Å². The molecule has 1 aromatic rings. The highest BCUT2D eigenvalue weighted by atomic mass is 16.5. The van der Waals surface area contributed by atoms with E-state index in [1.165, 1.54) is 24.3 Å². The lowest BCUT2D eigenvalue weighted by atomic mass is 10.1. The van der Waals surface area contributed by atoms with E-state index >= 15 is 0 Å². The molecule has 1 aromatic carbocycles. The third kappa shape index (κ3) is 8.63. The summed E-state index contributed by atoms with van der Waals surface area (Å²) in [6.07, 6.45) is 0. The lowest BCUT2D eigenvalue weighted by molar-refractivity contribution is -0.125. The molecule has 0 aliphatic rings. The fraction of sp³-hybridized carbons (Fsp3) is 0.545. The number of hydrogen-bond donors (Lipinski definition) is 2. The highest BCUT2D eigenvalue weighted by molar-refractivity contribution is 5.94. The van der Waals surface area contributed by atoms with E-state index in [-0.39, 0.29) is 60.1 Å². The van der Waals surface area contributed by atoms with E-state index in [0.717, 1.165) is 0 Å². The first-order valence-corrected chi connectivity index (χ1v) is 10.0. The van der Waals surface area contributed by atoms with Crippen LogP contribution in [-0.4, -0.2) is 49.1 Å². The van der Waals surface area contributed by atoms with Gasteiger partial charge in [0.25, 0.3) is 11.8 Å². The first-order chi connectivity index (χ1) is 14.0. The molecule has 8 heteroatoms. The molecule has 0 aromatic heterocycles. The highest BCUT2D eigenvalue weighted by Crippen LogP contribution is 2.08. The molecule has 0 aliphatic carbocycles. The van der Waals surface area contributed by atoms with Gasteiger partial charge in [-0.1, -0.05) is 27.7 Å². The van der Waals surface area contributed by atoms with Gasteiger partial charge in [-0.15, -0.1) is 0 Å². The van der Waals surface area contributed by atoms with Gasteiger partial charge in [0.2, 0.25) is 0 Å². The number of ether oxygens (including phenoxy) is 2. The van der Waals surface area contributed by atoms with Gasteiger partial charge < -0.3 is 20.1 Å². The van der Waals surface area contributed by atoms with Crippen molar-refractivity contribution in [2.45, 2.75) is 53.6 Å². The Morgan fingerprint density at radius 1 is 0.667 bits per heavy atom. The maximum Gasteiger partial charge on any atom is 0.338 e. The van der Waals surface area contributed by atoms with Crippen LogP contribution in [0.3, 0.4) is 0 Å². The molecular formula is C22H32N2O6. The molecule has 166 valence electrons. The molecule has 0 heterocycles. The van der Waals surface area contributed by atoms with Crippen LogP contribution in [0.5, 0.6) is 0 Å². The Kier molecular flexibility index (Phi) is 10.0. The minimum absolute atomic E-state index is 0.0304. The Hall–Kier alpha value is -2.90. The molecule has 0 saturated carbocycles. The van der Waals surface area contributed by atoms with Gasteiger partial charge in [0.1, 0.15) is 0 Å². The van der Waals surface area contributed by atoms with Crippen LogP contribution >= 0.6 is 0 Å². The molecule has 0 radical (unpaired) electrons. The lowest BCUT2D eigenvalue weighted by Gasteiger charge is -2.17. The zero-order valence-corrected chi connectivity index (χ0v) is 18.5. The molecule has 2 N–H and O–H groups in total. The van der Waals surface area contributed by atoms with Crippen molar-refractivity contribution in [1.82, 2.24) is 10.6 Å². The zero-order valence-electron chi connectivity index (χ0n) is 18.5. The van der Waals surface area contributed by atoms with Crippen LogP contribution < -0.4 is 10.6 Å². The lowest BCUT2D eigenvalue weighted by Crippen LogP contribution is -2.38. The van der Waals surface area contributed by atoms with Crippen molar-refractivity contribution in [2.75, 3.05) is 13.2 Å². The summed E-state index contributed by atoms with van der Waals surface area (Å²) in [5, 5.41) is 5.48. The summed E-state index contributed by atoms with van der Waals surface area (Å²) in [7, 11) is 0. The molecule has 1 rings (SSSR count). The van der Waals surface area contributed by atoms with Crippen molar-refractivity contribution in [3.8, 4) is 0 Å². The molecule has 2 atom stereocenters. The number of carbonyl (C=O) groups is 4. The Morgan fingerprint density at radius 3 is 1.23 bits per heavy atom. The number of carbonyl (C=O) groups excluding carboxylic acids is 4. The summed E-state index contributed by atoms with van der Waals surface area (Å²) in [5.41, 5.74) is 0.388. The van der Waals surface area contributed by atoms with Gasteiger partial charge in [-0.2, -0.15) is 0 Å². The van der Waals surface area contributed by atoms with Gasteiger partial charge in [-0.25, -0.2) is 9.59 Å². The smallest absolute Gasteiger partial charge is 0.338 e. The van der Waals surface area contributed by atoms with E-state index in [0.29, 0.717) is 0 Å². The fourth-order valence-electron chi connectivity index (χ4n) is 2.10. The molecule has 8 nitrogen and oxygen atoms in total. The number of benzene rings is 1. The van der Waals surface area contributed by atoms with Crippen molar-refractivity contribution in [3.05, 3.63) is 35.4 Å². The minimum Gasteiger partial charge on any atom is -0.452 e. The predicted octanol–water partition coefficient (Wildman–Crippen LogP) is 2.32. The second-order valence-electron chi connectivity index (χ2n) is 7.93. The Balaban J connectivity index is 2.50. The number of esters is 2. The van der Waals surface area contributed by atoms with Gasteiger partial charge in [0.15, 0.2) is 13.2 Å². The van der Waals surface area contributed by atoms with Crippen LogP contribution in [0.1, 0.15) is 62.3 Å². The van der Waals surface area contributed by atoms with Crippen LogP contribution in [0, 0.1) is 11.8 Å². The molecule has 30 heavy (non-hydrogen) atoms. The van der Waals surface area contributed by atoms with E-state index in [1.54, 1.807) is 0 Å². The predicted molar refractivity (Wildman–Crippen MR) is 112 cm³/mol. The quantitative estimate of drug-likeness (QED) is 0.562. The maximum atomic E-state index is 12.1. The van der Waals surface area contributed by atoms with E-state index in [1.807, 2.05) is 41.5 Å². The molecule has 0 fully saturated rings. The summed E-state index contributed by atoms with van der Waals surface area (Å²) in [6, 6.07) is 5.53. The second kappa shape index (κ2) is 11.9. The van der Waals surface area contributed by atoms with Crippen LogP contribution in [-0.2, 0) is 19.1 Å². The maximum absolute atomic E-state index is 12.1. The summed E-state index contributed by atoms with van der Waals surface area (Å²) < 4.78 is 9.97. The Bertz CT molecular complexity index is 679. The van der Waals surface area contributed by atoms with Crippen LogP contribution in [0.25, 0.3) is 0 Å². The average molecular weight is 421 g/mol. The van der Waals surface area contributed by atoms with Gasteiger partial charge in [-0.3, -0.25) is 9.59 Å². The van der Waals surface area contributed by atoms with Crippen molar-refractivity contribution in [1.29, 1.82) is 0 Å². The molecule has 0 spiro atoms. The van der Waals surface area contributed by atoms with E-state index < -0.39 is 11.9 Å². The number of nitrogens with one attached hydrogen (secondary N) is 2. The third-order valence-electron chi connectivity index (χ3n) is 4.80. The SMILES string of the molecule is CC(C)[C@H](C)NC(=O)COC(=O)c1ccc(C(=O)OCC(=O)N[C@@H](C)C(C)C)cc1. The normalized spacial score (nSPS) is 12.8. The summed E-state index contributed by atoms with van der Waals surface area (Å²) in [5.74, 6) is -1.58. The van der Waals surface area contributed by atoms with Gasteiger partial charge in [0, 0.05) is 12.1 Å². The van der Waals surface area contributed by atoms with E-state index in [2.05, 4.69) is 10.6 Å². The van der Waals surface area contributed by atoms with Gasteiger partial charge in [-0.05, 0) is 49.9 Å². The molecule has 0 unspecified atom stereocenters. The number of amides is 2. The summed E-state index contributed by atoms with van der Waals surface area (Å²) in [6.45, 7) is 10.9. The first-order valence-electron chi connectivity index (χ1n) is 10.0. The third-order valence-corrected chi connectivity index (χ3v) is 4.80. The highest BCUT2D eigenvalue weighted by Gasteiger charge is 2.16. The Morgan fingerprint density at radius 2 is 0.967 bits per heavy atom. The molecule has 0 saturated heterocycles. The molecule has 0 aliphatic heterocycles. The summed E-state index contributed by atoms with van der Waals surface area (Å²) >= 11 is 0. The molecule has 2 amide bonds. The number of hydrogen-bond acceptors (Lipinski definition) is 6. The summed E-state index contributed by atoms with van der Waals surface area (Å²) in [4.78, 5) is 47.7. The van der Waals surface area contributed by atoms with Crippen molar-refractivity contribution >= 4 is 23.8 Å². The molecular weight excluding hydrogens is 388 g/mol. The number of rotatable bonds is 10. The fourth-order valence-corrected chi connectivity index (χ4v) is 2.10. The van der Waals surface area contributed by atoms with Crippen LogP contribution in [0.2, 0.25) is 0 Å². The van der Waals surface area contributed by atoms with Gasteiger partial charge >= 0.3 is 11.9 Å². The topological polar surface area (TPSA) is 111 Å². The Labute approximate surface area is 177 Å². The van der Waals surface area contributed by atoms with Gasteiger partial charge in [0.05, 0.1) is 11.1 Å². The minimum atomic E-state index is -0.677. The second-order valence-corrected chi connectivity index (χ2v) is 7.93. The zero-order chi connectivity index (χ0) is 22.8. The average Bonchev–Trinajstić information content (AvgIpc) is 2.70. The first kappa shape index (κ1) is 25.1.